The Labute approximate surface area is 106 Å². The van der Waals surface area contributed by atoms with Gasteiger partial charge in [-0.25, -0.2) is 0 Å². The molecule has 17 heavy (non-hydrogen) atoms. The summed E-state index contributed by atoms with van der Waals surface area (Å²) < 4.78 is 5.77. The Balaban J connectivity index is 2.25. The Hall–Kier alpha value is -1.22. The van der Waals surface area contributed by atoms with Gasteiger partial charge in [0, 0.05) is 16.5 Å². The zero-order valence-electron chi connectivity index (χ0n) is 10.3. The topological polar surface area (TPSA) is 26.3 Å². The summed E-state index contributed by atoms with van der Waals surface area (Å²) in [7, 11) is 0. The highest BCUT2D eigenvalue weighted by Crippen LogP contribution is 2.33. The predicted molar refractivity (Wildman–Crippen MR) is 71.0 cm³/mol. The van der Waals surface area contributed by atoms with Crippen molar-refractivity contribution in [1.82, 2.24) is 0 Å². The molecular formula is C14H16O2S. The van der Waals surface area contributed by atoms with E-state index in [2.05, 4.69) is 0 Å². The average Bonchev–Trinajstić information content (AvgIpc) is 2.67. The molecule has 0 radical (unpaired) electrons. The van der Waals surface area contributed by atoms with Gasteiger partial charge in [0.2, 0.25) is 5.78 Å². The monoisotopic (exact) mass is 248 g/mol. The number of carbonyl (C=O) groups excluding carboxylic acids is 1. The van der Waals surface area contributed by atoms with E-state index in [0.29, 0.717) is 12.2 Å². The molecule has 1 aliphatic rings. The largest absolute Gasteiger partial charge is 0.479 e. The van der Waals surface area contributed by atoms with Crippen molar-refractivity contribution in [2.24, 2.45) is 0 Å². The van der Waals surface area contributed by atoms with E-state index in [1.807, 2.05) is 44.4 Å². The second kappa shape index (κ2) is 4.57. The van der Waals surface area contributed by atoms with Crippen molar-refractivity contribution >= 4 is 23.3 Å². The van der Waals surface area contributed by atoms with Gasteiger partial charge in [0.05, 0.1) is 0 Å². The van der Waals surface area contributed by atoms with Gasteiger partial charge in [-0.05, 0) is 31.7 Å². The predicted octanol–water partition coefficient (Wildman–Crippen LogP) is 3.52. The molecule has 3 heteroatoms. The van der Waals surface area contributed by atoms with E-state index in [4.69, 9.17) is 4.74 Å². The summed E-state index contributed by atoms with van der Waals surface area (Å²) in [5.74, 6) is 0.746. The maximum atomic E-state index is 11.8. The number of carbonyl (C=O) groups is 1. The SMILES string of the molecule is CCC1(C)OC(c2ccc(SC)cc2)=CC1=O. The lowest BCUT2D eigenvalue weighted by atomic mass is 9.99. The Morgan fingerprint density at radius 2 is 1.94 bits per heavy atom. The number of ether oxygens (including phenoxy) is 1. The molecule has 1 heterocycles. The molecule has 1 aromatic carbocycles. The molecule has 1 aliphatic heterocycles. The van der Waals surface area contributed by atoms with Crippen LogP contribution in [0.15, 0.2) is 35.2 Å². The van der Waals surface area contributed by atoms with E-state index in [9.17, 15) is 4.79 Å². The van der Waals surface area contributed by atoms with Crippen molar-refractivity contribution in [3.8, 4) is 0 Å². The van der Waals surface area contributed by atoms with Crippen LogP contribution < -0.4 is 0 Å². The molecule has 0 saturated heterocycles. The molecule has 1 unspecified atom stereocenters. The molecule has 0 spiro atoms. The van der Waals surface area contributed by atoms with Crippen LogP contribution in [0.25, 0.3) is 5.76 Å². The fourth-order valence-electron chi connectivity index (χ4n) is 1.74. The molecule has 0 amide bonds. The molecule has 0 aromatic heterocycles. The molecule has 0 fully saturated rings. The standard InChI is InChI=1S/C14H16O2S/c1-4-14(2)13(15)9-12(16-14)10-5-7-11(17-3)8-6-10/h5-9H,4H2,1-3H3. The highest BCUT2D eigenvalue weighted by molar-refractivity contribution is 7.98. The highest BCUT2D eigenvalue weighted by Gasteiger charge is 2.38. The van der Waals surface area contributed by atoms with Gasteiger partial charge in [0.1, 0.15) is 5.76 Å². The van der Waals surface area contributed by atoms with E-state index < -0.39 is 5.60 Å². The molecule has 1 atom stereocenters. The van der Waals surface area contributed by atoms with E-state index in [1.165, 1.54) is 4.90 Å². The first-order valence-electron chi connectivity index (χ1n) is 5.68. The number of benzene rings is 1. The molecule has 0 bridgehead atoms. The first kappa shape index (κ1) is 12.2. The Morgan fingerprint density at radius 1 is 1.29 bits per heavy atom. The molecule has 90 valence electrons. The lowest BCUT2D eigenvalue weighted by Crippen LogP contribution is -2.31. The van der Waals surface area contributed by atoms with Gasteiger partial charge in [-0.3, -0.25) is 4.79 Å². The normalized spacial score (nSPS) is 23.5. The third-order valence-electron chi connectivity index (χ3n) is 3.17. The number of hydrogen-bond donors (Lipinski definition) is 0. The molecule has 1 aromatic rings. The number of hydrogen-bond acceptors (Lipinski definition) is 3. The van der Waals surface area contributed by atoms with Crippen molar-refractivity contribution in [2.75, 3.05) is 6.26 Å². The van der Waals surface area contributed by atoms with Crippen LogP contribution in [0, 0.1) is 0 Å². The summed E-state index contributed by atoms with van der Waals surface area (Å²) in [6.07, 6.45) is 4.34. The molecule has 2 nitrogen and oxygen atoms in total. The molecule has 0 saturated carbocycles. The number of rotatable bonds is 3. The molecular weight excluding hydrogens is 232 g/mol. The van der Waals surface area contributed by atoms with E-state index in [-0.39, 0.29) is 5.78 Å². The summed E-state index contributed by atoms with van der Waals surface area (Å²) >= 11 is 1.70. The lowest BCUT2D eigenvalue weighted by Gasteiger charge is -2.21. The van der Waals surface area contributed by atoms with Crippen LogP contribution in [0.2, 0.25) is 0 Å². The van der Waals surface area contributed by atoms with Crippen LogP contribution in [-0.2, 0) is 9.53 Å². The van der Waals surface area contributed by atoms with Crippen molar-refractivity contribution in [1.29, 1.82) is 0 Å². The first-order valence-corrected chi connectivity index (χ1v) is 6.91. The summed E-state index contributed by atoms with van der Waals surface area (Å²) in [6.45, 7) is 3.81. The average molecular weight is 248 g/mol. The number of ketones is 1. The van der Waals surface area contributed by atoms with Gasteiger partial charge in [-0.1, -0.05) is 19.1 Å². The van der Waals surface area contributed by atoms with Gasteiger partial charge in [-0.2, -0.15) is 0 Å². The third-order valence-corrected chi connectivity index (χ3v) is 3.91. The Morgan fingerprint density at radius 3 is 2.41 bits per heavy atom. The van der Waals surface area contributed by atoms with Crippen molar-refractivity contribution < 1.29 is 9.53 Å². The smallest absolute Gasteiger partial charge is 0.202 e. The summed E-state index contributed by atoms with van der Waals surface area (Å²) in [6, 6.07) is 8.06. The van der Waals surface area contributed by atoms with Crippen LogP contribution >= 0.6 is 11.8 Å². The third kappa shape index (κ3) is 2.25. The number of thioether (sulfide) groups is 1. The van der Waals surface area contributed by atoms with Crippen LogP contribution in [0.4, 0.5) is 0 Å². The highest BCUT2D eigenvalue weighted by atomic mass is 32.2. The molecule has 0 N–H and O–H groups in total. The zero-order chi connectivity index (χ0) is 12.5. The van der Waals surface area contributed by atoms with Crippen molar-refractivity contribution in [2.45, 2.75) is 30.8 Å². The first-order chi connectivity index (χ1) is 8.09. The summed E-state index contributed by atoms with van der Waals surface area (Å²) in [5.41, 5.74) is 0.293. The lowest BCUT2D eigenvalue weighted by molar-refractivity contribution is -0.127. The maximum Gasteiger partial charge on any atom is 0.202 e. The minimum Gasteiger partial charge on any atom is -0.479 e. The van der Waals surface area contributed by atoms with Crippen LogP contribution in [0.5, 0.6) is 0 Å². The van der Waals surface area contributed by atoms with E-state index in [1.54, 1.807) is 17.8 Å². The van der Waals surface area contributed by atoms with Crippen LogP contribution in [-0.4, -0.2) is 17.6 Å². The van der Waals surface area contributed by atoms with Gasteiger partial charge < -0.3 is 4.74 Å². The zero-order valence-corrected chi connectivity index (χ0v) is 11.1. The summed E-state index contributed by atoms with van der Waals surface area (Å²) in [4.78, 5) is 13.0. The minimum atomic E-state index is -0.673. The van der Waals surface area contributed by atoms with Gasteiger partial charge >= 0.3 is 0 Å². The molecule has 2 rings (SSSR count). The van der Waals surface area contributed by atoms with Crippen LogP contribution in [0.1, 0.15) is 25.8 Å². The van der Waals surface area contributed by atoms with Gasteiger partial charge in [-0.15, -0.1) is 11.8 Å². The second-order valence-electron chi connectivity index (χ2n) is 4.29. The van der Waals surface area contributed by atoms with Gasteiger partial charge in [0.25, 0.3) is 0 Å². The Kier molecular flexibility index (Phi) is 3.29. The van der Waals surface area contributed by atoms with Crippen molar-refractivity contribution in [3.63, 3.8) is 0 Å². The minimum absolute atomic E-state index is 0.0592. The van der Waals surface area contributed by atoms with Gasteiger partial charge in [0.15, 0.2) is 5.60 Å². The van der Waals surface area contributed by atoms with E-state index in [0.717, 1.165) is 5.56 Å². The fourth-order valence-corrected chi connectivity index (χ4v) is 2.15. The Bertz CT molecular complexity index is 462. The maximum absolute atomic E-state index is 11.8. The summed E-state index contributed by atoms with van der Waals surface area (Å²) in [5, 5.41) is 0. The van der Waals surface area contributed by atoms with Crippen molar-refractivity contribution in [3.05, 3.63) is 35.9 Å². The second-order valence-corrected chi connectivity index (χ2v) is 5.17. The van der Waals surface area contributed by atoms with Crippen LogP contribution in [0.3, 0.4) is 0 Å². The fraction of sp³-hybridized carbons (Fsp3) is 0.357. The quantitative estimate of drug-likeness (QED) is 0.766. The van der Waals surface area contributed by atoms with E-state index >= 15 is 0 Å². The molecule has 0 aliphatic carbocycles.